The maximum absolute atomic E-state index is 13.5. The molecule has 4 rings (SSSR count). The van der Waals surface area contributed by atoms with Gasteiger partial charge < -0.3 is 4.90 Å². The number of benzene rings is 2. The summed E-state index contributed by atoms with van der Waals surface area (Å²) in [5, 5.41) is 4.53. The lowest BCUT2D eigenvalue weighted by Gasteiger charge is -2.30. The predicted octanol–water partition coefficient (Wildman–Crippen LogP) is 3.64. The molecular weight excluding hydrogens is 447 g/mol. The lowest BCUT2D eigenvalue weighted by Crippen LogP contribution is -2.48. The molecular formula is C24H24ClFN4O3. The average molecular weight is 471 g/mol. The fourth-order valence-electron chi connectivity index (χ4n) is 4.14. The van der Waals surface area contributed by atoms with Crippen molar-refractivity contribution >= 4 is 17.5 Å². The van der Waals surface area contributed by atoms with E-state index in [1.807, 2.05) is 0 Å². The number of carbonyl (C=O) groups excluding carboxylic acids is 1. The topological polar surface area (TPSA) is 77.2 Å². The molecule has 1 amide bonds. The SMILES string of the molecule is CN(C(=O)c1nn(-c2ccc(F)cc2)c(=O)n(Cc2ccccc2Cl)c1=O)C1CCCCC1. The minimum Gasteiger partial charge on any atom is -0.337 e. The number of hydrogen-bond acceptors (Lipinski definition) is 4. The van der Waals surface area contributed by atoms with E-state index in [0.29, 0.717) is 10.6 Å². The van der Waals surface area contributed by atoms with Crippen LogP contribution in [0.15, 0.2) is 58.1 Å². The molecule has 0 aliphatic heterocycles. The second-order valence-corrected chi connectivity index (χ2v) is 8.62. The van der Waals surface area contributed by atoms with Crippen LogP contribution < -0.4 is 11.2 Å². The van der Waals surface area contributed by atoms with Gasteiger partial charge in [0.2, 0.25) is 5.69 Å². The van der Waals surface area contributed by atoms with Crippen LogP contribution in [0.2, 0.25) is 5.02 Å². The predicted molar refractivity (Wildman–Crippen MR) is 124 cm³/mol. The normalized spacial score (nSPS) is 14.3. The highest BCUT2D eigenvalue weighted by Gasteiger charge is 2.28. The molecule has 1 heterocycles. The van der Waals surface area contributed by atoms with Crippen LogP contribution in [0.1, 0.15) is 48.2 Å². The highest BCUT2D eigenvalue weighted by atomic mass is 35.5. The number of aromatic nitrogens is 3. The van der Waals surface area contributed by atoms with Crippen molar-refractivity contribution in [3.8, 4) is 5.69 Å². The van der Waals surface area contributed by atoms with Gasteiger partial charge in [-0.3, -0.25) is 14.2 Å². The molecule has 0 saturated heterocycles. The minimum absolute atomic E-state index is 0.00988. The second-order valence-electron chi connectivity index (χ2n) is 8.21. The van der Waals surface area contributed by atoms with Gasteiger partial charge in [0.1, 0.15) is 5.82 Å². The Labute approximate surface area is 195 Å². The Morgan fingerprint density at radius 2 is 1.76 bits per heavy atom. The van der Waals surface area contributed by atoms with Gasteiger partial charge in [0, 0.05) is 18.1 Å². The van der Waals surface area contributed by atoms with Crippen LogP contribution in [-0.2, 0) is 6.54 Å². The summed E-state index contributed by atoms with van der Waals surface area (Å²) < 4.78 is 15.4. The summed E-state index contributed by atoms with van der Waals surface area (Å²) in [5.74, 6) is -1.03. The molecule has 0 bridgehead atoms. The van der Waals surface area contributed by atoms with Gasteiger partial charge >= 0.3 is 5.69 Å². The molecule has 2 aromatic carbocycles. The molecule has 9 heteroatoms. The van der Waals surface area contributed by atoms with E-state index in [1.165, 1.54) is 24.3 Å². The van der Waals surface area contributed by atoms with Crippen LogP contribution in [0.3, 0.4) is 0 Å². The number of rotatable bonds is 5. The van der Waals surface area contributed by atoms with Gasteiger partial charge in [-0.25, -0.2) is 9.18 Å². The van der Waals surface area contributed by atoms with Gasteiger partial charge in [0.15, 0.2) is 0 Å². The van der Waals surface area contributed by atoms with Crippen LogP contribution in [-0.4, -0.2) is 38.2 Å². The molecule has 0 atom stereocenters. The third kappa shape index (κ3) is 4.75. The van der Waals surface area contributed by atoms with E-state index < -0.39 is 23.0 Å². The van der Waals surface area contributed by atoms with Gasteiger partial charge in [-0.2, -0.15) is 9.78 Å². The Balaban J connectivity index is 1.85. The molecule has 1 aliphatic rings. The summed E-state index contributed by atoms with van der Waals surface area (Å²) in [6.45, 7) is -0.130. The molecule has 0 radical (unpaired) electrons. The summed E-state index contributed by atoms with van der Waals surface area (Å²) in [7, 11) is 1.66. The standard InChI is InChI=1S/C24H24ClFN4O3/c1-28(18-8-3-2-4-9-18)22(31)21-23(32)29(15-16-7-5-6-10-20(16)25)24(33)30(27-21)19-13-11-17(26)12-14-19/h5-7,10-14,18H,2-4,8-9,15H2,1H3. The molecule has 1 fully saturated rings. The van der Waals surface area contributed by atoms with E-state index in [9.17, 15) is 18.8 Å². The number of halogens is 2. The maximum Gasteiger partial charge on any atom is 0.352 e. The van der Waals surface area contributed by atoms with E-state index in [0.717, 1.165) is 41.4 Å². The van der Waals surface area contributed by atoms with Crippen LogP contribution in [0.4, 0.5) is 4.39 Å². The van der Waals surface area contributed by atoms with E-state index in [-0.39, 0.29) is 24.0 Å². The maximum atomic E-state index is 13.5. The van der Waals surface area contributed by atoms with Crippen molar-refractivity contribution in [2.45, 2.75) is 44.7 Å². The summed E-state index contributed by atoms with van der Waals surface area (Å²) in [4.78, 5) is 41.4. The fourth-order valence-corrected chi connectivity index (χ4v) is 4.33. The zero-order valence-electron chi connectivity index (χ0n) is 18.2. The Morgan fingerprint density at radius 1 is 1.09 bits per heavy atom. The molecule has 33 heavy (non-hydrogen) atoms. The van der Waals surface area contributed by atoms with Gasteiger partial charge in [-0.05, 0) is 48.7 Å². The first kappa shape index (κ1) is 22.9. The van der Waals surface area contributed by atoms with Gasteiger partial charge in [0.05, 0.1) is 12.2 Å². The van der Waals surface area contributed by atoms with Crippen molar-refractivity contribution in [2.75, 3.05) is 7.05 Å². The highest BCUT2D eigenvalue weighted by molar-refractivity contribution is 6.31. The Kier molecular flexibility index (Phi) is 6.74. The van der Waals surface area contributed by atoms with Gasteiger partial charge in [-0.1, -0.05) is 49.1 Å². The van der Waals surface area contributed by atoms with Crippen LogP contribution in [0.5, 0.6) is 0 Å². The molecule has 0 N–H and O–H groups in total. The third-order valence-corrected chi connectivity index (χ3v) is 6.43. The fraction of sp³-hybridized carbons (Fsp3) is 0.333. The largest absolute Gasteiger partial charge is 0.352 e. The Hall–Kier alpha value is -3.26. The summed E-state index contributed by atoms with van der Waals surface area (Å²) >= 11 is 6.25. The molecule has 1 aromatic heterocycles. The lowest BCUT2D eigenvalue weighted by atomic mass is 9.94. The van der Waals surface area contributed by atoms with Crippen LogP contribution >= 0.6 is 11.6 Å². The molecule has 1 saturated carbocycles. The Bertz CT molecular complexity index is 1280. The summed E-state index contributed by atoms with van der Waals surface area (Å²) in [6.07, 6.45) is 4.86. The number of nitrogens with zero attached hydrogens (tertiary/aromatic N) is 4. The van der Waals surface area contributed by atoms with Crippen molar-refractivity contribution in [1.29, 1.82) is 0 Å². The summed E-state index contributed by atoms with van der Waals surface area (Å²) in [6, 6.07) is 12.0. The first-order valence-electron chi connectivity index (χ1n) is 10.9. The molecule has 1 aliphatic carbocycles. The first-order valence-corrected chi connectivity index (χ1v) is 11.3. The van der Waals surface area contributed by atoms with Crippen molar-refractivity contribution in [2.24, 2.45) is 0 Å². The van der Waals surface area contributed by atoms with Gasteiger partial charge in [-0.15, -0.1) is 0 Å². The second kappa shape index (κ2) is 9.70. The van der Waals surface area contributed by atoms with Crippen molar-refractivity contribution in [1.82, 2.24) is 19.2 Å². The smallest absolute Gasteiger partial charge is 0.337 e. The van der Waals surface area contributed by atoms with E-state index in [4.69, 9.17) is 11.6 Å². The van der Waals surface area contributed by atoms with Crippen LogP contribution in [0, 0.1) is 5.82 Å². The van der Waals surface area contributed by atoms with Crippen molar-refractivity contribution < 1.29 is 9.18 Å². The quantitative estimate of drug-likeness (QED) is 0.570. The first-order chi connectivity index (χ1) is 15.9. The zero-order valence-corrected chi connectivity index (χ0v) is 19.0. The van der Waals surface area contributed by atoms with Crippen molar-refractivity contribution in [3.63, 3.8) is 0 Å². The van der Waals surface area contributed by atoms with Crippen LogP contribution in [0.25, 0.3) is 5.69 Å². The number of amides is 1. The minimum atomic E-state index is -0.786. The molecule has 0 unspecified atom stereocenters. The molecule has 0 spiro atoms. The van der Waals surface area contributed by atoms with E-state index >= 15 is 0 Å². The third-order valence-electron chi connectivity index (χ3n) is 6.06. The highest BCUT2D eigenvalue weighted by Crippen LogP contribution is 2.22. The molecule has 3 aromatic rings. The molecule has 7 nitrogen and oxygen atoms in total. The molecule has 172 valence electrons. The lowest BCUT2D eigenvalue weighted by molar-refractivity contribution is 0.0684. The van der Waals surface area contributed by atoms with Gasteiger partial charge in [0.25, 0.3) is 11.5 Å². The van der Waals surface area contributed by atoms with E-state index in [1.54, 1.807) is 36.2 Å². The Morgan fingerprint density at radius 3 is 2.42 bits per heavy atom. The van der Waals surface area contributed by atoms with Crippen molar-refractivity contribution in [3.05, 3.63) is 91.5 Å². The monoisotopic (exact) mass is 470 g/mol. The average Bonchev–Trinajstić information content (AvgIpc) is 2.83. The number of hydrogen-bond donors (Lipinski definition) is 0. The number of carbonyl (C=O) groups is 1. The van der Waals surface area contributed by atoms with E-state index in [2.05, 4.69) is 5.10 Å². The zero-order chi connectivity index (χ0) is 23.5. The summed E-state index contributed by atoms with van der Waals surface area (Å²) in [5.41, 5.74) is -1.11.